The van der Waals surface area contributed by atoms with Crippen LogP contribution in [0.5, 0.6) is 0 Å². The standard InChI is InChI=1S/C15H23N3O4/c1-3-4-5-12(18-7-6-11(9-18)15(20)21)14(19)16-13-8-10(2)22-17-13/h8,11-12H,3-7,9H2,1-2H3,(H,20,21)(H,16,17,19). The molecule has 2 N–H and O–H groups in total. The Labute approximate surface area is 129 Å². The number of amides is 1. The Morgan fingerprint density at radius 1 is 1.59 bits per heavy atom. The van der Waals surface area contributed by atoms with Crippen molar-refractivity contribution in [2.24, 2.45) is 5.92 Å². The summed E-state index contributed by atoms with van der Waals surface area (Å²) in [7, 11) is 0. The van der Waals surface area contributed by atoms with E-state index in [1.165, 1.54) is 0 Å². The maximum absolute atomic E-state index is 12.5. The number of rotatable bonds is 7. The Hall–Kier alpha value is -1.89. The molecule has 7 heteroatoms. The van der Waals surface area contributed by atoms with E-state index in [9.17, 15) is 9.59 Å². The van der Waals surface area contributed by atoms with Crippen molar-refractivity contribution in [3.8, 4) is 0 Å². The summed E-state index contributed by atoms with van der Waals surface area (Å²) in [6.45, 7) is 4.89. The second-order valence-electron chi connectivity index (χ2n) is 5.79. The van der Waals surface area contributed by atoms with Crippen LogP contribution in [0.1, 0.15) is 38.4 Å². The molecule has 7 nitrogen and oxygen atoms in total. The summed E-state index contributed by atoms with van der Waals surface area (Å²) in [5.74, 6) is -0.284. The predicted molar refractivity (Wildman–Crippen MR) is 80.5 cm³/mol. The summed E-state index contributed by atoms with van der Waals surface area (Å²) in [5.41, 5.74) is 0. The highest BCUT2D eigenvalue weighted by Crippen LogP contribution is 2.22. The van der Waals surface area contributed by atoms with Gasteiger partial charge in [-0.15, -0.1) is 0 Å². The largest absolute Gasteiger partial charge is 0.481 e. The van der Waals surface area contributed by atoms with Gasteiger partial charge in [0.15, 0.2) is 5.82 Å². The Kier molecular flexibility index (Phi) is 5.54. The lowest BCUT2D eigenvalue weighted by Crippen LogP contribution is -2.43. The van der Waals surface area contributed by atoms with Crippen molar-refractivity contribution in [1.29, 1.82) is 0 Å². The molecule has 122 valence electrons. The van der Waals surface area contributed by atoms with Crippen molar-refractivity contribution in [1.82, 2.24) is 10.1 Å². The number of aryl methyl sites for hydroxylation is 1. The number of nitrogens with zero attached hydrogens (tertiary/aromatic N) is 2. The second kappa shape index (κ2) is 7.40. The third-order valence-electron chi connectivity index (χ3n) is 4.02. The van der Waals surface area contributed by atoms with Crippen molar-refractivity contribution in [2.45, 2.75) is 45.6 Å². The number of likely N-dealkylation sites (tertiary alicyclic amines) is 1. The lowest BCUT2D eigenvalue weighted by atomic mass is 10.1. The fourth-order valence-electron chi connectivity index (χ4n) is 2.78. The van der Waals surface area contributed by atoms with Gasteiger partial charge >= 0.3 is 5.97 Å². The Bertz CT molecular complexity index is 529. The molecule has 0 radical (unpaired) electrons. The van der Waals surface area contributed by atoms with E-state index in [0.717, 1.165) is 12.8 Å². The number of carbonyl (C=O) groups excluding carboxylic acids is 1. The zero-order valence-electron chi connectivity index (χ0n) is 13.0. The highest BCUT2D eigenvalue weighted by Gasteiger charge is 2.35. The average Bonchev–Trinajstić information content (AvgIpc) is 3.09. The van der Waals surface area contributed by atoms with Gasteiger partial charge in [-0.3, -0.25) is 14.5 Å². The van der Waals surface area contributed by atoms with Crippen LogP contribution in [0.4, 0.5) is 5.82 Å². The van der Waals surface area contributed by atoms with Gasteiger partial charge in [-0.2, -0.15) is 0 Å². The highest BCUT2D eigenvalue weighted by molar-refractivity contribution is 5.94. The van der Waals surface area contributed by atoms with Crippen LogP contribution in [0, 0.1) is 12.8 Å². The third kappa shape index (κ3) is 4.07. The Morgan fingerprint density at radius 3 is 2.91 bits per heavy atom. The molecule has 1 aliphatic heterocycles. The molecule has 2 heterocycles. The molecule has 1 aliphatic rings. The number of unbranched alkanes of at least 4 members (excludes halogenated alkanes) is 1. The van der Waals surface area contributed by atoms with Crippen LogP contribution in [-0.2, 0) is 9.59 Å². The Morgan fingerprint density at radius 2 is 2.36 bits per heavy atom. The molecule has 0 aromatic carbocycles. The number of aliphatic carboxylic acids is 1. The highest BCUT2D eigenvalue weighted by atomic mass is 16.5. The van der Waals surface area contributed by atoms with Gasteiger partial charge in [0.25, 0.3) is 0 Å². The summed E-state index contributed by atoms with van der Waals surface area (Å²) < 4.78 is 4.94. The molecule has 1 fully saturated rings. The topological polar surface area (TPSA) is 95.7 Å². The van der Waals surface area contributed by atoms with Gasteiger partial charge < -0.3 is 14.9 Å². The van der Waals surface area contributed by atoms with Crippen molar-refractivity contribution in [2.75, 3.05) is 18.4 Å². The first-order chi connectivity index (χ1) is 10.5. The van der Waals surface area contributed by atoms with E-state index in [1.807, 2.05) is 4.90 Å². The van der Waals surface area contributed by atoms with Gasteiger partial charge in [0.1, 0.15) is 5.76 Å². The van der Waals surface area contributed by atoms with Gasteiger partial charge in [-0.1, -0.05) is 24.9 Å². The number of hydrogen-bond donors (Lipinski definition) is 2. The number of anilines is 1. The lowest BCUT2D eigenvalue weighted by Gasteiger charge is -2.26. The summed E-state index contributed by atoms with van der Waals surface area (Å²) in [5, 5.41) is 15.6. The van der Waals surface area contributed by atoms with E-state index in [1.54, 1.807) is 13.0 Å². The van der Waals surface area contributed by atoms with E-state index in [2.05, 4.69) is 17.4 Å². The molecule has 0 bridgehead atoms. The van der Waals surface area contributed by atoms with Crippen LogP contribution < -0.4 is 5.32 Å². The maximum atomic E-state index is 12.5. The fourth-order valence-corrected chi connectivity index (χ4v) is 2.78. The summed E-state index contributed by atoms with van der Waals surface area (Å²) >= 11 is 0. The van der Waals surface area contributed by atoms with Crippen LogP contribution in [0.3, 0.4) is 0 Å². The van der Waals surface area contributed by atoms with Gasteiger partial charge in [0.2, 0.25) is 5.91 Å². The van der Waals surface area contributed by atoms with Crippen molar-refractivity contribution >= 4 is 17.7 Å². The molecule has 0 spiro atoms. The zero-order chi connectivity index (χ0) is 16.1. The smallest absolute Gasteiger partial charge is 0.307 e. The summed E-state index contributed by atoms with van der Waals surface area (Å²) in [6, 6.07) is 1.35. The van der Waals surface area contributed by atoms with E-state index < -0.39 is 5.97 Å². The van der Waals surface area contributed by atoms with Crippen LogP contribution in [0.2, 0.25) is 0 Å². The first kappa shape index (κ1) is 16.5. The van der Waals surface area contributed by atoms with E-state index in [4.69, 9.17) is 9.63 Å². The number of aromatic nitrogens is 1. The van der Waals surface area contributed by atoms with E-state index >= 15 is 0 Å². The van der Waals surface area contributed by atoms with Crippen LogP contribution >= 0.6 is 0 Å². The number of carbonyl (C=O) groups is 2. The lowest BCUT2D eigenvalue weighted by molar-refractivity contribution is -0.141. The molecule has 0 aliphatic carbocycles. The molecule has 22 heavy (non-hydrogen) atoms. The minimum atomic E-state index is -0.788. The SMILES string of the molecule is CCCCC(C(=O)Nc1cc(C)on1)N1CCC(C(=O)O)C1. The number of hydrogen-bond acceptors (Lipinski definition) is 5. The van der Waals surface area contributed by atoms with Gasteiger partial charge in [0.05, 0.1) is 12.0 Å². The average molecular weight is 309 g/mol. The second-order valence-corrected chi connectivity index (χ2v) is 5.79. The zero-order valence-corrected chi connectivity index (χ0v) is 13.0. The summed E-state index contributed by atoms with van der Waals surface area (Å²) in [4.78, 5) is 25.6. The molecule has 2 atom stereocenters. The number of carboxylic acids is 1. The normalized spacial score (nSPS) is 20.0. The third-order valence-corrected chi connectivity index (χ3v) is 4.02. The molecular formula is C15H23N3O4. The maximum Gasteiger partial charge on any atom is 0.307 e. The Balaban J connectivity index is 2.02. The van der Waals surface area contributed by atoms with Crippen LogP contribution in [0.15, 0.2) is 10.6 Å². The summed E-state index contributed by atoms with van der Waals surface area (Å²) in [6.07, 6.45) is 3.22. The van der Waals surface area contributed by atoms with E-state index in [0.29, 0.717) is 37.5 Å². The molecule has 2 unspecified atom stereocenters. The molecule has 0 saturated carbocycles. The molecule has 1 amide bonds. The van der Waals surface area contributed by atoms with Crippen molar-refractivity contribution < 1.29 is 19.2 Å². The van der Waals surface area contributed by atoms with Gasteiger partial charge in [-0.05, 0) is 26.3 Å². The van der Waals surface area contributed by atoms with Crippen molar-refractivity contribution in [3.63, 3.8) is 0 Å². The van der Waals surface area contributed by atoms with Crippen molar-refractivity contribution in [3.05, 3.63) is 11.8 Å². The van der Waals surface area contributed by atoms with Crippen LogP contribution in [-0.4, -0.2) is 46.2 Å². The molecule has 1 saturated heterocycles. The minimum absolute atomic E-state index is 0.146. The minimum Gasteiger partial charge on any atom is -0.481 e. The molecule has 2 rings (SSSR count). The first-order valence-electron chi connectivity index (χ1n) is 7.72. The van der Waals surface area contributed by atoms with Gasteiger partial charge in [0, 0.05) is 12.6 Å². The number of carboxylic acid groups (broad SMARTS) is 1. The molecular weight excluding hydrogens is 286 g/mol. The fraction of sp³-hybridized carbons (Fsp3) is 0.667. The van der Waals surface area contributed by atoms with Crippen LogP contribution in [0.25, 0.3) is 0 Å². The van der Waals surface area contributed by atoms with E-state index in [-0.39, 0.29) is 17.9 Å². The van der Waals surface area contributed by atoms with Gasteiger partial charge in [-0.25, -0.2) is 0 Å². The number of nitrogens with one attached hydrogen (secondary N) is 1. The predicted octanol–water partition coefficient (Wildman–Crippen LogP) is 1.89. The molecule has 1 aromatic rings. The quantitative estimate of drug-likeness (QED) is 0.798. The first-order valence-corrected chi connectivity index (χ1v) is 7.72. The monoisotopic (exact) mass is 309 g/mol. The molecule has 1 aromatic heterocycles.